The van der Waals surface area contributed by atoms with Crippen LogP contribution in [0.5, 0.6) is 5.75 Å². The number of likely N-dealkylation sites (tertiary alicyclic amines) is 1. The number of aliphatic hydroxyl groups excluding tert-OH is 1. The molecule has 9 heteroatoms. The molecule has 0 aliphatic carbocycles. The van der Waals surface area contributed by atoms with Crippen molar-refractivity contribution in [2.45, 2.75) is 38.5 Å². The van der Waals surface area contributed by atoms with Crippen LogP contribution in [0.4, 0.5) is 0 Å². The number of halogens is 2. The lowest BCUT2D eigenvalue weighted by Crippen LogP contribution is -2.31. The van der Waals surface area contributed by atoms with E-state index in [0.717, 1.165) is 11.3 Å². The second-order valence-corrected chi connectivity index (χ2v) is 9.59. The summed E-state index contributed by atoms with van der Waals surface area (Å²) in [5.41, 5.74) is 2.04. The van der Waals surface area contributed by atoms with Crippen molar-refractivity contribution in [2.24, 2.45) is 0 Å². The van der Waals surface area contributed by atoms with Gasteiger partial charge in [-0.25, -0.2) is 4.98 Å². The molecule has 2 aliphatic rings. The first-order valence-electron chi connectivity index (χ1n) is 11.3. The lowest BCUT2D eigenvalue weighted by molar-refractivity contribution is -0.139. The van der Waals surface area contributed by atoms with E-state index < -0.39 is 17.7 Å². The molecule has 3 aromatic rings. The van der Waals surface area contributed by atoms with Crippen LogP contribution in [0.25, 0.3) is 5.76 Å². The molecule has 1 fully saturated rings. The summed E-state index contributed by atoms with van der Waals surface area (Å²) in [7, 11) is 0. The van der Waals surface area contributed by atoms with Crippen molar-refractivity contribution in [3.63, 3.8) is 0 Å². The predicted octanol–water partition coefficient (Wildman–Crippen LogP) is 5.03. The van der Waals surface area contributed by atoms with Gasteiger partial charge in [-0.15, -0.1) is 0 Å². The molecule has 1 saturated heterocycles. The summed E-state index contributed by atoms with van der Waals surface area (Å²) in [6.07, 6.45) is 6.56. The summed E-state index contributed by atoms with van der Waals surface area (Å²) in [6, 6.07) is 9.48. The van der Waals surface area contributed by atoms with Crippen LogP contribution in [0, 0.1) is 0 Å². The Bertz CT molecular complexity index is 1340. The number of carbonyl (C=O) groups is 2. The zero-order chi connectivity index (χ0) is 24.7. The van der Waals surface area contributed by atoms with Gasteiger partial charge in [-0.3, -0.25) is 9.59 Å². The lowest BCUT2D eigenvalue weighted by atomic mass is 9.94. The standard InChI is InChI=1S/C26H23Cl2N3O4/c1-15-11-18-12-17(4-6-21(18)35-15)24(32)22-23(16-3-5-19(27)20(28)13-16)31(26(34)25(22)33)9-2-8-30-10-7-29-14-30/h3-7,10,12-15,23,32H,2,8-9,11H2,1H3/b24-22+/t15-,23-/m1/s1. The highest BCUT2D eigenvalue weighted by Crippen LogP contribution is 2.42. The highest BCUT2D eigenvalue weighted by molar-refractivity contribution is 6.46. The number of aliphatic hydroxyl groups is 1. The Balaban J connectivity index is 1.55. The SMILES string of the molecule is C[C@@H]1Cc2cc(/C(O)=C3\C(=O)C(=O)N(CCCn4ccnc4)[C@@H]3c3ccc(Cl)c(Cl)c3)ccc2O1. The molecule has 0 bridgehead atoms. The fourth-order valence-electron chi connectivity index (χ4n) is 4.71. The van der Waals surface area contributed by atoms with Crippen LogP contribution in [0.2, 0.25) is 10.0 Å². The van der Waals surface area contributed by atoms with E-state index in [1.54, 1.807) is 42.9 Å². The van der Waals surface area contributed by atoms with Crippen LogP contribution in [-0.2, 0) is 22.6 Å². The van der Waals surface area contributed by atoms with E-state index in [1.807, 2.05) is 23.8 Å². The highest BCUT2D eigenvalue weighted by Gasteiger charge is 2.46. The Morgan fingerprint density at radius 2 is 1.97 bits per heavy atom. The van der Waals surface area contributed by atoms with Crippen LogP contribution < -0.4 is 4.74 Å². The van der Waals surface area contributed by atoms with Gasteiger partial charge in [-0.1, -0.05) is 29.3 Å². The molecule has 7 nitrogen and oxygen atoms in total. The maximum absolute atomic E-state index is 13.2. The summed E-state index contributed by atoms with van der Waals surface area (Å²) < 4.78 is 7.65. The number of rotatable bonds is 6. The number of Topliss-reactive ketones (excluding diaryl/α,β-unsaturated/α-hetero) is 1. The lowest BCUT2D eigenvalue weighted by Gasteiger charge is -2.25. The molecule has 0 saturated carbocycles. The Morgan fingerprint density at radius 3 is 2.71 bits per heavy atom. The number of aromatic nitrogens is 2. The Hall–Kier alpha value is -3.29. The molecule has 3 heterocycles. The average Bonchev–Trinajstić information content (AvgIpc) is 3.54. The zero-order valence-electron chi connectivity index (χ0n) is 18.9. The minimum absolute atomic E-state index is 0.0305. The van der Waals surface area contributed by atoms with Crippen LogP contribution in [0.3, 0.4) is 0 Å². The van der Waals surface area contributed by atoms with Crippen molar-refractivity contribution in [1.29, 1.82) is 0 Å². The molecule has 2 aliphatic heterocycles. The number of carbonyl (C=O) groups excluding carboxylic acids is 2. The van der Waals surface area contributed by atoms with Gasteiger partial charge in [0.25, 0.3) is 11.7 Å². The molecule has 1 N–H and O–H groups in total. The van der Waals surface area contributed by atoms with E-state index >= 15 is 0 Å². The van der Waals surface area contributed by atoms with Gasteiger partial charge < -0.3 is 19.3 Å². The summed E-state index contributed by atoms with van der Waals surface area (Å²) in [5.74, 6) is -0.855. The number of ether oxygens (including phenoxy) is 1. The molecule has 2 aromatic carbocycles. The fourth-order valence-corrected chi connectivity index (χ4v) is 5.01. The van der Waals surface area contributed by atoms with Crippen molar-refractivity contribution in [2.75, 3.05) is 6.54 Å². The van der Waals surface area contributed by atoms with Gasteiger partial charge in [-0.2, -0.15) is 0 Å². The van der Waals surface area contributed by atoms with Crippen LogP contribution in [-0.4, -0.2) is 43.9 Å². The molecule has 35 heavy (non-hydrogen) atoms. The Kier molecular flexibility index (Phi) is 6.30. The van der Waals surface area contributed by atoms with Gasteiger partial charge in [0.2, 0.25) is 0 Å². The number of hydrogen-bond donors (Lipinski definition) is 1. The third-order valence-corrected chi connectivity index (χ3v) is 7.08. The van der Waals surface area contributed by atoms with E-state index in [4.69, 9.17) is 27.9 Å². The monoisotopic (exact) mass is 511 g/mol. The van der Waals surface area contributed by atoms with E-state index in [1.165, 1.54) is 4.90 Å². The number of hydrogen-bond acceptors (Lipinski definition) is 5. The van der Waals surface area contributed by atoms with Gasteiger partial charge in [0.1, 0.15) is 17.6 Å². The maximum Gasteiger partial charge on any atom is 0.295 e. The van der Waals surface area contributed by atoms with Crippen LogP contribution >= 0.6 is 23.2 Å². The van der Waals surface area contributed by atoms with Gasteiger partial charge in [0.15, 0.2) is 0 Å². The Morgan fingerprint density at radius 1 is 1.14 bits per heavy atom. The number of imidazole rings is 1. The molecular formula is C26H23Cl2N3O4. The largest absolute Gasteiger partial charge is 0.507 e. The summed E-state index contributed by atoms with van der Waals surface area (Å²) in [5, 5.41) is 12.0. The first-order valence-corrected chi connectivity index (χ1v) is 12.1. The second kappa shape index (κ2) is 9.40. The van der Waals surface area contributed by atoms with Gasteiger partial charge in [-0.05, 0) is 54.8 Å². The molecule has 1 aromatic heterocycles. The molecule has 1 amide bonds. The smallest absolute Gasteiger partial charge is 0.295 e. The normalized spacial score (nSPS) is 20.8. The van der Waals surface area contributed by atoms with Crippen LogP contribution in [0.15, 0.2) is 60.7 Å². The molecule has 0 radical (unpaired) electrons. The van der Waals surface area contributed by atoms with E-state index in [-0.39, 0.29) is 17.4 Å². The predicted molar refractivity (Wildman–Crippen MR) is 133 cm³/mol. The first-order chi connectivity index (χ1) is 16.8. The summed E-state index contributed by atoms with van der Waals surface area (Å²) in [6.45, 7) is 2.90. The van der Waals surface area contributed by atoms with E-state index in [9.17, 15) is 14.7 Å². The molecule has 180 valence electrons. The van der Waals surface area contributed by atoms with E-state index in [2.05, 4.69) is 4.98 Å². The quantitative estimate of drug-likeness (QED) is 0.285. The van der Waals surface area contributed by atoms with Crippen molar-refractivity contribution in [1.82, 2.24) is 14.5 Å². The average molecular weight is 512 g/mol. The Labute approximate surface area is 212 Å². The number of aryl methyl sites for hydroxylation is 1. The van der Waals surface area contributed by atoms with Crippen molar-refractivity contribution in [3.8, 4) is 5.75 Å². The minimum atomic E-state index is -0.795. The van der Waals surface area contributed by atoms with Crippen molar-refractivity contribution in [3.05, 3.63) is 87.4 Å². The summed E-state index contributed by atoms with van der Waals surface area (Å²) in [4.78, 5) is 31.9. The number of amides is 1. The zero-order valence-corrected chi connectivity index (χ0v) is 20.5. The fraction of sp³-hybridized carbons (Fsp3) is 0.269. The van der Waals surface area contributed by atoms with E-state index in [0.29, 0.717) is 47.1 Å². The molecule has 0 spiro atoms. The molecule has 2 atom stereocenters. The molecule has 5 rings (SSSR count). The van der Waals surface area contributed by atoms with Crippen molar-refractivity contribution < 1.29 is 19.4 Å². The highest BCUT2D eigenvalue weighted by atomic mass is 35.5. The van der Waals surface area contributed by atoms with Gasteiger partial charge in [0.05, 0.1) is 28.0 Å². The van der Waals surface area contributed by atoms with Gasteiger partial charge >= 0.3 is 0 Å². The number of fused-ring (bicyclic) bond motifs is 1. The van der Waals surface area contributed by atoms with Gasteiger partial charge in [0, 0.05) is 37.5 Å². The van der Waals surface area contributed by atoms with Crippen LogP contribution in [0.1, 0.15) is 36.1 Å². The third kappa shape index (κ3) is 4.42. The second-order valence-electron chi connectivity index (χ2n) is 8.78. The number of ketones is 1. The summed E-state index contributed by atoms with van der Waals surface area (Å²) >= 11 is 12.4. The van der Waals surface area contributed by atoms with Crippen molar-refractivity contribution >= 4 is 40.7 Å². The maximum atomic E-state index is 13.2. The number of benzene rings is 2. The molecular weight excluding hydrogens is 489 g/mol. The number of nitrogens with zero attached hydrogens (tertiary/aromatic N) is 3. The topological polar surface area (TPSA) is 84.7 Å². The minimum Gasteiger partial charge on any atom is -0.507 e. The first kappa shape index (κ1) is 23.5. The third-order valence-electron chi connectivity index (χ3n) is 6.34. The molecule has 0 unspecified atom stereocenters.